The van der Waals surface area contributed by atoms with E-state index in [1.165, 1.54) is 43.5 Å². The van der Waals surface area contributed by atoms with Crippen molar-refractivity contribution in [3.8, 4) is 11.8 Å². The number of methoxy groups -OCH3 is 1. The molecule has 0 aromatic heterocycles. The summed E-state index contributed by atoms with van der Waals surface area (Å²) in [5, 5.41) is 20.7. The average Bonchev–Trinajstić information content (AvgIpc) is 2.71. The molecule has 148 valence electrons. The van der Waals surface area contributed by atoms with Crippen molar-refractivity contribution in [1.29, 1.82) is 5.26 Å². The molecule has 0 bridgehead atoms. The van der Waals surface area contributed by atoms with Crippen molar-refractivity contribution in [1.82, 2.24) is 0 Å². The van der Waals surface area contributed by atoms with Crippen LogP contribution in [0.15, 0.2) is 52.5 Å². The van der Waals surface area contributed by atoms with E-state index < -0.39 is 24.5 Å². The van der Waals surface area contributed by atoms with Crippen molar-refractivity contribution >= 4 is 45.5 Å². The highest BCUT2D eigenvalue weighted by molar-refractivity contribution is 9.10. The molecule has 29 heavy (non-hydrogen) atoms. The second-order valence-electron chi connectivity index (χ2n) is 5.56. The summed E-state index contributed by atoms with van der Waals surface area (Å²) in [4.78, 5) is 34.6. The molecule has 0 spiro atoms. The number of anilines is 1. The fourth-order valence-electron chi connectivity index (χ4n) is 2.21. The summed E-state index contributed by atoms with van der Waals surface area (Å²) in [6.07, 6.45) is 1.29. The lowest BCUT2D eigenvalue weighted by Crippen LogP contribution is -2.14. The highest BCUT2D eigenvalue weighted by Crippen LogP contribution is 2.26. The number of carboxylic acid groups (broad SMARTS) is 1. The first-order valence-electron chi connectivity index (χ1n) is 8.09. The lowest BCUT2D eigenvalue weighted by Gasteiger charge is -2.09. The van der Waals surface area contributed by atoms with E-state index in [0.29, 0.717) is 21.3 Å². The molecular weight excluding hydrogens is 444 g/mol. The SMILES string of the molecule is COC(=O)c1ccc(NC(=O)/C(C#N)=C/c2cc(Br)ccc2OCC(=O)O)cc1. The molecule has 0 radical (unpaired) electrons. The first-order valence-corrected chi connectivity index (χ1v) is 8.89. The molecule has 0 aliphatic carbocycles. The van der Waals surface area contributed by atoms with E-state index in [9.17, 15) is 19.6 Å². The smallest absolute Gasteiger partial charge is 0.341 e. The van der Waals surface area contributed by atoms with E-state index in [-0.39, 0.29) is 11.3 Å². The highest BCUT2D eigenvalue weighted by atomic mass is 79.9. The summed E-state index contributed by atoms with van der Waals surface area (Å²) in [5.74, 6) is -2.14. The van der Waals surface area contributed by atoms with Gasteiger partial charge < -0.3 is 19.9 Å². The van der Waals surface area contributed by atoms with Crippen molar-refractivity contribution in [2.75, 3.05) is 19.0 Å². The molecule has 0 saturated heterocycles. The van der Waals surface area contributed by atoms with Gasteiger partial charge in [0, 0.05) is 15.7 Å². The number of nitrogens with zero attached hydrogens (tertiary/aromatic N) is 1. The third kappa shape index (κ3) is 6.19. The van der Waals surface area contributed by atoms with Gasteiger partial charge in [-0.3, -0.25) is 4.79 Å². The number of amides is 1. The second kappa shape index (κ2) is 10.1. The number of hydrogen-bond donors (Lipinski definition) is 2. The molecule has 0 saturated carbocycles. The third-order valence-electron chi connectivity index (χ3n) is 3.55. The van der Waals surface area contributed by atoms with Gasteiger partial charge in [-0.15, -0.1) is 0 Å². The standard InChI is InChI=1S/C20H15BrN2O6/c1-28-20(27)12-2-5-16(6-3-12)23-19(26)14(10-22)8-13-9-15(21)4-7-17(13)29-11-18(24)25/h2-9H,11H2,1H3,(H,23,26)(H,24,25)/b14-8+. The number of carboxylic acids is 1. The molecule has 0 aliphatic rings. The van der Waals surface area contributed by atoms with Gasteiger partial charge in [-0.05, 0) is 48.5 Å². The van der Waals surface area contributed by atoms with Crippen LogP contribution in [0.5, 0.6) is 5.75 Å². The van der Waals surface area contributed by atoms with E-state index in [0.717, 1.165) is 0 Å². The molecule has 0 heterocycles. The van der Waals surface area contributed by atoms with Crippen LogP contribution in [-0.2, 0) is 14.3 Å². The minimum atomic E-state index is -1.16. The summed E-state index contributed by atoms with van der Waals surface area (Å²) in [6.45, 7) is -0.566. The Labute approximate surface area is 174 Å². The van der Waals surface area contributed by atoms with Gasteiger partial charge in [0.2, 0.25) is 0 Å². The predicted octanol–water partition coefficient (Wildman–Crippen LogP) is 3.24. The number of benzene rings is 2. The maximum absolute atomic E-state index is 12.4. The zero-order valence-corrected chi connectivity index (χ0v) is 16.7. The van der Waals surface area contributed by atoms with Gasteiger partial charge >= 0.3 is 11.9 Å². The zero-order valence-electron chi connectivity index (χ0n) is 15.1. The van der Waals surface area contributed by atoms with Crippen LogP contribution in [0.1, 0.15) is 15.9 Å². The largest absolute Gasteiger partial charge is 0.481 e. The normalized spacial score (nSPS) is 10.6. The van der Waals surface area contributed by atoms with Crippen LogP contribution in [0.4, 0.5) is 5.69 Å². The third-order valence-corrected chi connectivity index (χ3v) is 4.05. The topological polar surface area (TPSA) is 126 Å². The first-order chi connectivity index (χ1) is 13.8. The fraction of sp³-hybridized carbons (Fsp3) is 0.100. The maximum Gasteiger partial charge on any atom is 0.341 e. The number of carbonyl (C=O) groups excluding carboxylic acids is 2. The Morgan fingerprint density at radius 2 is 1.90 bits per heavy atom. The van der Waals surface area contributed by atoms with Gasteiger partial charge in [0.05, 0.1) is 12.7 Å². The number of nitrogens with one attached hydrogen (secondary N) is 1. The van der Waals surface area contributed by atoms with Crippen molar-refractivity contribution in [2.45, 2.75) is 0 Å². The lowest BCUT2D eigenvalue weighted by molar-refractivity contribution is -0.139. The quantitative estimate of drug-likeness (QED) is 0.370. The van der Waals surface area contributed by atoms with Crippen LogP contribution in [0, 0.1) is 11.3 Å². The molecule has 0 unspecified atom stereocenters. The Balaban J connectivity index is 2.24. The minimum Gasteiger partial charge on any atom is -0.481 e. The van der Waals surface area contributed by atoms with E-state index in [4.69, 9.17) is 9.84 Å². The minimum absolute atomic E-state index is 0.207. The van der Waals surface area contributed by atoms with Crippen molar-refractivity contribution in [3.63, 3.8) is 0 Å². The van der Waals surface area contributed by atoms with Gasteiger partial charge in [-0.25, -0.2) is 9.59 Å². The lowest BCUT2D eigenvalue weighted by atomic mass is 10.1. The predicted molar refractivity (Wildman–Crippen MR) is 107 cm³/mol. The number of ether oxygens (including phenoxy) is 2. The number of esters is 1. The van der Waals surface area contributed by atoms with Crippen LogP contribution >= 0.6 is 15.9 Å². The molecule has 2 aromatic carbocycles. The molecule has 0 fully saturated rings. The van der Waals surface area contributed by atoms with Crippen LogP contribution < -0.4 is 10.1 Å². The maximum atomic E-state index is 12.4. The number of nitriles is 1. The van der Waals surface area contributed by atoms with Gasteiger partial charge in [0.25, 0.3) is 5.91 Å². The molecule has 0 aliphatic heterocycles. The Bertz CT molecular complexity index is 1010. The molecule has 1 amide bonds. The van der Waals surface area contributed by atoms with Gasteiger partial charge in [0.15, 0.2) is 6.61 Å². The van der Waals surface area contributed by atoms with Crippen molar-refractivity contribution < 1.29 is 29.0 Å². The summed E-state index contributed by atoms with van der Waals surface area (Å²) in [7, 11) is 1.26. The Kier molecular flexibility index (Phi) is 7.51. The van der Waals surface area contributed by atoms with Crippen LogP contribution in [0.25, 0.3) is 6.08 Å². The molecule has 2 N–H and O–H groups in total. The highest BCUT2D eigenvalue weighted by Gasteiger charge is 2.13. The van der Waals surface area contributed by atoms with Crippen molar-refractivity contribution in [2.24, 2.45) is 0 Å². The summed E-state index contributed by atoms with van der Waals surface area (Å²) < 4.78 is 10.5. The second-order valence-corrected chi connectivity index (χ2v) is 6.47. The number of carbonyl (C=O) groups is 3. The van der Waals surface area contributed by atoms with Crippen molar-refractivity contribution in [3.05, 3.63) is 63.6 Å². The van der Waals surface area contributed by atoms with Crippen LogP contribution in [-0.4, -0.2) is 36.7 Å². The summed E-state index contributed by atoms with van der Waals surface area (Å²) >= 11 is 3.28. The number of hydrogen-bond acceptors (Lipinski definition) is 6. The number of aliphatic carboxylic acids is 1. The summed E-state index contributed by atoms with van der Waals surface area (Å²) in [6, 6.07) is 12.5. The van der Waals surface area contributed by atoms with E-state index in [1.54, 1.807) is 12.1 Å². The van der Waals surface area contributed by atoms with E-state index >= 15 is 0 Å². The van der Waals surface area contributed by atoms with Crippen LogP contribution in [0.2, 0.25) is 0 Å². The Hall–Kier alpha value is -3.64. The zero-order chi connectivity index (χ0) is 21.4. The molecule has 2 aromatic rings. The Morgan fingerprint density at radius 1 is 1.21 bits per heavy atom. The van der Waals surface area contributed by atoms with Gasteiger partial charge in [-0.1, -0.05) is 15.9 Å². The first kappa shape index (κ1) is 21.7. The molecule has 2 rings (SSSR count). The van der Waals surface area contributed by atoms with Gasteiger partial charge in [0.1, 0.15) is 17.4 Å². The molecule has 0 atom stereocenters. The monoisotopic (exact) mass is 458 g/mol. The van der Waals surface area contributed by atoms with E-state index in [1.807, 2.05) is 6.07 Å². The summed E-state index contributed by atoms with van der Waals surface area (Å²) in [5.41, 5.74) is 0.824. The average molecular weight is 459 g/mol. The molecular formula is C20H15BrN2O6. The fourth-order valence-corrected chi connectivity index (χ4v) is 2.59. The number of halogens is 1. The molecule has 8 nitrogen and oxygen atoms in total. The van der Waals surface area contributed by atoms with Crippen LogP contribution in [0.3, 0.4) is 0 Å². The van der Waals surface area contributed by atoms with Gasteiger partial charge in [-0.2, -0.15) is 5.26 Å². The van der Waals surface area contributed by atoms with E-state index in [2.05, 4.69) is 26.0 Å². The Morgan fingerprint density at radius 3 is 2.48 bits per heavy atom. The number of rotatable bonds is 7. The molecule has 9 heteroatoms.